The number of aromatic nitrogens is 5. The lowest BCUT2D eigenvalue weighted by molar-refractivity contribution is -0.141. The summed E-state index contributed by atoms with van der Waals surface area (Å²) in [4.78, 5) is 20.7. The van der Waals surface area contributed by atoms with E-state index in [1.165, 1.54) is 11.0 Å². The van der Waals surface area contributed by atoms with Crippen LogP contribution in [0.2, 0.25) is 0 Å². The van der Waals surface area contributed by atoms with Crippen molar-refractivity contribution in [1.29, 1.82) is 0 Å². The number of aryl methyl sites for hydroxylation is 1. The van der Waals surface area contributed by atoms with Crippen LogP contribution in [0.15, 0.2) is 42.6 Å². The molecule has 1 amide bonds. The van der Waals surface area contributed by atoms with Gasteiger partial charge in [-0.1, -0.05) is 6.07 Å². The highest BCUT2D eigenvalue weighted by Gasteiger charge is 2.31. The van der Waals surface area contributed by atoms with Crippen LogP contribution in [0, 0.1) is 18.6 Å². The van der Waals surface area contributed by atoms with Gasteiger partial charge in [-0.05, 0) is 31.2 Å². The molecule has 176 valence electrons. The van der Waals surface area contributed by atoms with Gasteiger partial charge in [0.15, 0.2) is 17.7 Å². The van der Waals surface area contributed by atoms with E-state index in [0.29, 0.717) is 30.7 Å². The molecule has 4 heterocycles. The molecule has 1 fully saturated rings. The van der Waals surface area contributed by atoms with Crippen LogP contribution in [0.5, 0.6) is 0 Å². The van der Waals surface area contributed by atoms with Gasteiger partial charge in [0, 0.05) is 44.1 Å². The Kier molecular flexibility index (Phi) is 5.57. The average Bonchev–Trinajstić information content (AvgIpc) is 3.47. The SMILES string of the molecule is Cc1cc(Nc2nc(N3CCN(C(=O)C(O)c4c(F)cccc4F)CC3)nn3cccc23)n[nH]1. The number of carbonyl (C=O) groups is 1. The first-order chi connectivity index (χ1) is 16.4. The fourth-order valence-electron chi connectivity index (χ4n) is 3.95. The zero-order chi connectivity index (χ0) is 23.8. The van der Waals surface area contributed by atoms with Gasteiger partial charge < -0.3 is 20.2 Å². The van der Waals surface area contributed by atoms with Crippen LogP contribution < -0.4 is 10.2 Å². The van der Waals surface area contributed by atoms with Gasteiger partial charge in [0.05, 0.1) is 5.56 Å². The van der Waals surface area contributed by atoms with Gasteiger partial charge in [-0.3, -0.25) is 9.89 Å². The van der Waals surface area contributed by atoms with Crippen LogP contribution >= 0.6 is 0 Å². The van der Waals surface area contributed by atoms with E-state index in [9.17, 15) is 18.7 Å². The molecule has 3 N–H and O–H groups in total. The number of rotatable bonds is 5. The van der Waals surface area contributed by atoms with Crippen molar-refractivity contribution in [3.8, 4) is 0 Å². The van der Waals surface area contributed by atoms with E-state index < -0.39 is 29.2 Å². The number of halogens is 2. The lowest BCUT2D eigenvalue weighted by atomic mass is 10.1. The molecule has 5 rings (SSSR count). The topological polar surface area (TPSA) is 115 Å². The number of hydrogen-bond acceptors (Lipinski definition) is 7. The maximum Gasteiger partial charge on any atom is 0.256 e. The highest BCUT2D eigenvalue weighted by molar-refractivity contribution is 5.82. The number of fused-ring (bicyclic) bond motifs is 1. The summed E-state index contributed by atoms with van der Waals surface area (Å²) >= 11 is 0. The van der Waals surface area contributed by atoms with Crippen molar-refractivity contribution < 1.29 is 18.7 Å². The van der Waals surface area contributed by atoms with Crippen molar-refractivity contribution in [3.63, 3.8) is 0 Å². The second-order valence-corrected chi connectivity index (χ2v) is 8.01. The molecule has 0 spiro atoms. The Balaban J connectivity index is 1.32. The van der Waals surface area contributed by atoms with Crippen LogP contribution in [0.4, 0.5) is 26.4 Å². The highest BCUT2D eigenvalue weighted by atomic mass is 19.1. The smallest absolute Gasteiger partial charge is 0.256 e. The Morgan fingerprint density at radius 1 is 1.15 bits per heavy atom. The highest BCUT2D eigenvalue weighted by Crippen LogP contribution is 2.25. The first kappa shape index (κ1) is 21.8. The summed E-state index contributed by atoms with van der Waals surface area (Å²) in [6.07, 6.45) is -0.103. The summed E-state index contributed by atoms with van der Waals surface area (Å²) in [5.74, 6) is -1.02. The fourth-order valence-corrected chi connectivity index (χ4v) is 3.95. The Hall–Kier alpha value is -4.06. The third kappa shape index (κ3) is 4.03. The van der Waals surface area contributed by atoms with Gasteiger partial charge >= 0.3 is 0 Å². The third-order valence-electron chi connectivity index (χ3n) is 5.71. The van der Waals surface area contributed by atoms with Crippen LogP contribution in [0.3, 0.4) is 0 Å². The fraction of sp³-hybridized carbons (Fsp3) is 0.273. The van der Waals surface area contributed by atoms with Crippen molar-refractivity contribution in [1.82, 2.24) is 29.7 Å². The average molecular weight is 468 g/mol. The van der Waals surface area contributed by atoms with Gasteiger partial charge in [-0.2, -0.15) is 10.1 Å². The molecule has 12 heteroatoms. The molecule has 3 aromatic heterocycles. The van der Waals surface area contributed by atoms with Crippen LogP contribution in [0.1, 0.15) is 17.4 Å². The monoisotopic (exact) mass is 468 g/mol. The summed E-state index contributed by atoms with van der Waals surface area (Å²) in [6, 6.07) is 8.80. The standard InChI is InChI=1S/C22H22F2N8O2/c1-13-12-17(28-27-13)25-20-16-6-3-7-32(16)29-22(26-20)31-10-8-30(9-11-31)21(34)19(33)18-14(23)4-2-5-15(18)24/h2-7,12,19,33H,8-11H2,1H3,(H2,25,26,27,28,29). The van der Waals surface area contributed by atoms with Crippen LogP contribution in [-0.4, -0.2) is 66.9 Å². The molecular weight excluding hydrogens is 446 g/mol. The molecule has 0 bridgehead atoms. The lowest BCUT2D eigenvalue weighted by Crippen LogP contribution is -2.50. The molecule has 0 radical (unpaired) electrons. The largest absolute Gasteiger partial charge is 0.378 e. The van der Waals surface area contributed by atoms with Gasteiger partial charge in [0.25, 0.3) is 5.91 Å². The van der Waals surface area contributed by atoms with Crippen molar-refractivity contribution in [2.24, 2.45) is 0 Å². The molecule has 1 aromatic carbocycles. The first-order valence-electron chi connectivity index (χ1n) is 10.7. The number of anilines is 3. The Bertz CT molecular complexity index is 1330. The van der Waals surface area contributed by atoms with E-state index in [-0.39, 0.29) is 13.1 Å². The summed E-state index contributed by atoms with van der Waals surface area (Å²) in [6.45, 7) is 3.13. The molecular formula is C22H22F2N8O2. The predicted molar refractivity (Wildman–Crippen MR) is 120 cm³/mol. The zero-order valence-corrected chi connectivity index (χ0v) is 18.2. The first-order valence-corrected chi connectivity index (χ1v) is 10.7. The Labute approximate surface area is 192 Å². The third-order valence-corrected chi connectivity index (χ3v) is 5.71. The molecule has 0 aliphatic carbocycles. The van der Waals surface area contributed by atoms with Gasteiger partial charge in [0.1, 0.15) is 17.2 Å². The molecule has 1 aliphatic rings. The number of aliphatic hydroxyl groups is 1. The number of carbonyl (C=O) groups excluding carboxylic acids is 1. The maximum absolute atomic E-state index is 14.0. The number of nitrogens with zero attached hydrogens (tertiary/aromatic N) is 6. The molecule has 34 heavy (non-hydrogen) atoms. The minimum atomic E-state index is -1.91. The molecule has 1 saturated heterocycles. The second-order valence-electron chi connectivity index (χ2n) is 8.01. The van der Waals surface area contributed by atoms with Crippen LogP contribution in [0.25, 0.3) is 5.52 Å². The Morgan fingerprint density at radius 3 is 2.56 bits per heavy atom. The number of nitrogens with one attached hydrogen (secondary N) is 2. The molecule has 1 unspecified atom stereocenters. The number of aromatic amines is 1. The van der Waals surface area contributed by atoms with Gasteiger partial charge in [0.2, 0.25) is 5.95 Å². The number of hydrogen-bond donors (Lipinski definition) is 3. The van der Waals surface area contributed by atoms with Crippen molar-refractivity contribution in [2.45, 2.75) is 13.0 Å². The number of H-pyrrole nitrogens is 1. The summed E-state index contributed by atoms with van der Waals surface area (Å²) in [5.41, 5.74) is 1.04. The van der Waals surface area contributed by atoms with E-state index in [0.717, 1.165) is 23.3 Å². The van der Waals surface area contributed by atoms with E-state index in [1.54, 1.807) is 10.7 Å². The van der Waals surface area contributed by atoms with Crippen molar-refractivity contribution >= 4 is 29.0 Å². The van der Waals surface area contributed by atoms with Crippen LogP contribution in [-0.2, 0) is 4.79 Å². The molecule has 10 nitrogen and oxygen atoms in total. The number of amides is 1. The normalized spacial score (nSPS) is 15.1. The van der Waals surface area contributed by atoms with Crippen molar-refractivity contribution in [3.05, 3.63) is 65.5 Å². The summed E-state index contributed by atoms with van der Waals surface area (Å²) in [7, 11) is 0. The number of benzene rings is 1. The maximum atomic E-state index is 14.0. The molecule has 1 aliphatic heterocycles. The quantitative estimate of drug-likeness (QED) is 0.411. The predicted octanol–water partition coefficient (Wildman–Crippen LogP) is 2.16. The summed E-state index contributed by atoms with van der Waals surface area (Å²) < 4.78 is 29.7. The lowest BCUT2D eigenvalue weighted by Gasteiger charge is -2.35. The van der Waals surface area contributed by atoms with E-state index in [1.807, 2.05) is 30.0 Å². The molecule has 1 atom stereocenters. The second kappa shape index (κ2) is 8.71. The number of piperazine rings is 1. The zero-order valence-electron chi connectivity index (χ0n) is 18.2. The minimum Gasteiger partial charge on any atom is -0.378 e. The molecule has 4 aromatic rings. The van der Waals surface area contributed by atoms with Gasteiger partial charge in [-0.15, -0.1) is 5.10 Å². The molecule has 0 saturated carbocycles. The van der Waals surface area contributed by atoms with Gasteiger partial charge in [-0.25, -0.2) is 13.3 Å². The van der Waals surface area contributed by atoms with Crippen molar-refractivity contribution in [2.75, 3.05) is 36.4 Å². The van der Waals surface area contributed by atoms with E-state index >= 15 is 0 Å². The Morgan fingerprint density at radius 2 is 1.88 bits per heavy atom. The van der Waals surface area contributed by atoms with E-state index in [4.69, 9.17) is 0 Å². The minimum absolute atomic E-state index is 0.236. The van der Waals surface area contributed by atoms with E-state index in [2.05, 4.69) is 25.6 Å². The summed E-state index contributed by atoms with van der Waals surface area (Å²) in [5, 5.41) is 25.1. The number of aliphatic hydroxyl groups excluding tert-OH is 1.